The number of halogens is 1. The van der Waals surface area contributed by atoms with E-state index in [0.29, 0.717) is 22.9 Å². The van der Waals surface area contributed by atoms with Gasteiger partial charge in [-0.25, -0.2) is 17.9 Å². The van der Waals surface area contributed by atoms with Gasteiger partial charge in [0.05, 0.1) is 10.5 Å². The first-order valence-corrected chi connectivity index (χ1v) is 8.63. The van der Waals surface area contributed by atoms with Crippen molar-refractivity contribution in [2.45, 2.75) is 37.6 Å². The Morgan fingerprint density at radius 3 is 2.57 bits per heavy atom. The summed E-state index contributed by atoms with van der Waals surface area (Å²) in [5.74, 6) is -1.19. The Bertz CT molecular complexity index is 630. The number of carbonyl (C=O) groups is 1. The van der Waals surface area contributed by atoms with Gasteiger partial charge in [-0.15, -0.1) is 0 Å². The van der Waals surface area contributed by atoms with E-state index in [1.54, 1.807) is 13.8 Å². The van der Waals surface area contributed by atoms with E-state index < -0.39 is 16.0 Å². The molecule has 1 atom stereocenters. The van der Waals surface area contributed by atoms with Crippen LogP contribution < -0.4 is 4.72 Å². The molecule has 0 spiro atoms. The third kappa shape index (κ3) is 4.77. The van der Waals surface area contributed by atoms with E-state index in [9.17, 15) is 13.2 Å². The van der Waals surface area contributed by atoms with Gasteiger partial charge >= 0.3 is 5.97 Å². The maximum absolute atomic E-state index is 12.4. The number of hydrogen-bond donors (Lipinski definition) is 3. The molecule has 0 aliphatic rings. The Kier molecular flexibility index (Phi) is 6.33. The summed E-state index contributed by atoms with van der Waals surface area (Å²) >= 11 is 3.18. The molecule has 0 aromatic heterocycles. The maximum atomic E-state index is 12.4. The molecular formula is C13H18BrNO5S. The highest BCUT2D eigenvalue weighted by Crippen LogP contribution is 2.26. The molecule has 1 rings (SSSR count). The summed E-state index contributed by atoms with van der Waals surface area (Å²) in [5, 5.41) is 17.8. The van der Waals surface area contributed by atoms with Gasteiger partial charge in [-0.2, -0.15) is 0 Å². The Hall–Kier alpha value is -0.960. The van der Waals surface area contributed by atoms with Crippen LogP contribution in [0.2, 0.25) is 0 Å². The van der Waals surface area contributed by atoms with Crippen LogP contribution in [0.15, 0.2) is 21.5 Å². The molecule has 118 valence electrons. The van der Waals surface area contributed by atoms with E-state index in [-0.39, 0.29) is 23.1 Å². The van der Waals surface area contributed by atoms with Crippen LogP contribution in [0.5, 0.6) is 0 Å². The number of aliphatic hydroxyl groups is 1. The molecule has 3 N–H and O–H groups in total. The molecule has 0 bridgehead atoms. The summed E-state index contributed by atoms with van der Waals surface area (Å²) in [5.41, 5.74) is 0.345. The smallest absolute Gasteiger partial charge is 0.335 e. The van der Waals surface area contributed by atoms with Crippen molar-refractivity contribution in [3.05, 3.63) is 27.7 Å². The molecule has 8 heteroatoms. The van der Waals surface area contributed by atoms with Crippen LogP contribution in [-0.4, -0.2) is 37.2 Å². The van der Waals surface area contributed by atoms with Crippen LogP contribution in [0.1, 0.15) is 35.7 Å². The van der Waals surface area contributed by atoms with Crippen molar-refractivity contribution >= 4 is 31.9 Å². The number of rotatable bonds is 7. The normalized spacial score (nSPS) is 13.1. The molecule has 6 nitrogen and oxygen atoms in total. The zero-order valence-corrected chi connectivity index (χ0v) is 14.2. The van der Waals surface area contributed by atoms with Gasteiger partial charge < -0.3 is 10.2 Å². The van der Waals surface area contributed by atoms with Gasteiger partial charge in [-0.05, 0) is 44.4 Å². The predicted molar refractivity (Wildman–Crippen MR) is 81.9 cm³/mol. The van der Waals surface area contributed by atoms with Gasteiger partial charge in [0.25, 0.3) is 0 Å². The molecule has 1 unspecified atom stereocenters. The van der Waals surface area contributed by atoms with Gasteiger partial charge in [-0.1, -0.05) is 15.9 Å². The fourth-order valence-electron chi connectivity index (χ4n) is 1.84. The number of hydrogen-bond acceptors (Lipinski definition) is 4. The maximum Gasteiger partial charge on any atom is 0.335 e. The van der Waals surface area contributed by atoms with Crippen LogP contribution in [0.3, 0.4) is 0 Å². The molecule has 1 aromatic carbocycles. The second kappa shape index (κ2) is 7.35. The van der Waals surface area contributed by atoms with Gasteiger partial charge in [0.1, 0.15) is 0 Å². The average Bonchev–Trinajstić information content (AvgIpc) is 2.38. The molecule has 0 radical (unpaired) electrons. The standard InChI is InChI=1S/C13H18BrNO5S/c1-8(4-3-5-16)15-21(19,20)12-7-10(13(17)18)6-11(14)9(12)2/h6-8,15-16H,3-5H2,1-2H3,(H,17,18). The van der Waals surface area contributed by atoms with Crippen LogP contribution in [0.4, 0.5) is 0 Å². The van der Waals surface area contributed by atoms with E-state index in [2.05, 4.69) is 20.7 Å². The minimum Gasteiger partial charge on any atom is -0.478 e. The molecule has 1 aromatic rings. The van der Waals surface area contributed by atoms with E-state index >= 15 is 0 Å². The molecule has 0 amide bonds. The quantitative estimate of drug-likeness (QED) is 0.670. The number of sulfonamides is 1. The van der Waals surface area contributed by atoms with Crippen LogP contribution >= 0.6 is 15.9 Å². The Labute approximate surface area is 132 Å². The van der Waals surface area contributed by atoms with Crippen molar-refractivity contribution < 1.29 is 23.4 Å². The van der Waals surface area contributed by atoms with E-state index in [1.165, 1.54) is 6.07 Å². The summed E-state index contributed by atoms with van der Waals surface area (Å²) in [7, 11) is -3.82. The van der Waals surface area contributed by atoms with E-state index in [1.807, 2.05) is 0 Å². The molecule has 0 aliphatic carbocycles. The van der Waals surface area contributed by atoms with Crippen LogP contribution in [0, 0.1) is 6.92 Å². The lowest BCUT2D eigenvalue weighted by atomic mass is 10.1. The Morgan fingerprint density at radius 1 is 1.43 bits per heavy atom. The SMILES string of the molecule is Cc1c(Br)cc(C(=O)O)cc1S(=O)(=O)NC(C)CCCO. The lowest BCUT2D eigenvalue weighted by Gasteiger charge is -2.16. The Balaban J connectivity index is 3.16. The summed E-state index contributed by atoms with van der Waals surface area (Å²) in [6.07, 6.45) is 0.982. The van der Waals surface area contributed by atoms with Gasteiger partial charge in [0, 0.05) is 17.1 Å². The van der Waals surface area contributed by atoms with E-state index in [0.717, 1.165) is 6.07 Å². The predicted octanol–water partition coefficient (Wildman–Crippen LogP) is 1.90. The molecule has 0 heterocycles. The first-order valence-electron chi connectivity index (χ1n) is 6.35. The summed E-state index contributed by atoms with van der Waals surface area (Å²) < 4.78 is 27.6. The number of benzene rings is 1. The van der Waals surface area contributed by atoms with Gasteiger partial charge in [0.2, 0.25) is 10.0 Å². The van der Waals surface area contributed by atoms with Crippen molar-refractivity contribution in [2.24, 2.45) is 0 Å². The van der Waals surface area contributed by atoms with Crippen molar-refractivity contribution in [2.75, 3.05) is 6.61 Å². The van der Waals surface area contributed by atoms with Crippen molar-refractivity contribution in [3.8, 4) is 0 Å². The highest BCUT2D eigenvalue weighted by atomic mass is 79.9. The second-order valence-corrected chi connectivity index (χ2v) is 7.31. The number of aliphatic hydroxyl groups excluding tert-OH is 1. The second-order valence-electron chi connectivity index (χ2n) is 4.77. The topological polar surface area (TPSA) is 104 Å². The summed E-state index contributed by atoms with van der Waals surface area (Å²) in [6, 6.07) is 2.16. The van der Waals surface area contributed by atoms with Gasteiger partial charge in [-0.3, -0.25) is 0 Å². The fraction of sp³-hybridized carbons (Fsp3) is 0.462. The highest BCUT2D eigenvalue weighted by Gasteiger charge is 2.22. The zero-order chi connectivity index (χ0) is 16.2. The lowest BCUT2D eigenvalue weighted by molar-refractivity contribution is 0.0696. The number of nitrogens with one attached hydrogen (secondary N) is 1. The van der Waals surface area contributed by atoms with Gasteiger partial charge in [0.15, 0.2) is 0 Å². The molecule has 0 saturated carbocycles. The zero-order valence-electron chi connectivity index (χ0n) is 11.8. The third-order valence-corrected chi connectivity index (χ3v) is 5.52. The third-order valence-electron chi connectivity index (χ3n) is 2.98. The number of carboxylic acid groups (broad SMARTS) is 1. The number of carboxylic acids is 1. The molecule has 0 fully saturated rings. The summed E-state index contributed by atoms with van der Waals surface area (Å²) in [6.45, 7) is 3.28. The van der Waals surface area contributed by atoms with Crippen LogP contribution in [-0.2, 0) is 10.0 Å². The number of aromatic carboxylic acids is 1. The monoisotopic (exact) mass is 379 g/mol. The minimum atomic E-state index is -3.82. The van der Waals surface area contributed by atoms with Crippen molar-refractivity contribution in [1.29, 1.82) is 0 Å². The first kappa shape index (κ1) is 18.1. The molecular weight excluding hydrogens is 362 g/mol. The first-order chi connectivity index (χ1) is 9.69. The molecule has 0 aliphatic heterocycles. The van der Waals surface area contributed by atoms with Crippen LogP contribution in [0.25, 0.3) is 0 Å². The lowest BCUT2D eigenvalue weighted by Crippen LogP contribution is -2.33. The molecule has 21 heavy (non-hydrogen) atoms. The van der Waals surface area contributed by atoms with Crippen molar-refractivity contribution in [1.82, 2.24) is 4.72 Å². The average molecular weight is 380 g/mol. The minimum absolute atomic E-state index is 0.00879. The largest absolute Gasteiger partial charge is 0.478 e. The summed E-state index contributed by atoms with van der Waals surface area (Å²) in [4.78, 5) is 11.0. The van der Waals surface area contributed by atoms with E-state index in [4.69, 9.17) is 10.2 Å². The van der Waals surface area contributed by atoms with Crippen molar-refractivity contribution in [3.63, 3.8) is 0 Å². The highest BCUT2D eigenvalue weighted by molar-refractivity contribution is 9.10. The Morgan fingerprint density at radius 2 is 2.05 bits per heavy atom. The molecule has 0 saturated heterocycles. The fourth-order valence-corrected chi connectivity index (χ4v) is 4.00.